The molecule has 0 radical (unpaired) electrons. The molecule has 0 aliphatic heterocycles. The summed E-state index contributed by atoms with van der Waals surface area (Å²) in [7, 11) is 0. The second kappa shape index (κ2) is 4.21. The average molecular weight is 175 g/mol. The van der Waals surface area contributed by atoms with Crippen molar-refractivity contribution in [2.45, 2.75) is 13.3 Å². The van der Waals surface area contributed by atoms with Crippen molar-refractivity contribution in [2.24, 2.45) is 5.73 Å². The second-order valence-electron chi connectivity index (χ2n) is 2.42. The first-order valence-electron chi connectivity index (χ1n) is 3.85. The molecule has 13 heavy (non-hydrogen) atoms. The van der Waals surface area contributed by atoms with Crippen molar-refractivity contribution < 1.29 is 4.79 Å². The normalized spacial score (nSPS) is 8.69. The van der Waals surface area contributed by atoms with Crippen LogP contribution in [-0.2, 0) is 11.2 Å². The van der Waals surface area contributed by atoms with Crippen molar-refractivity contribution in [3.05, 3.63) is 23.5 Å². The largest absolute Gasteiger partial charge is 0.359 e. The third-order valence-corrected chi connectivity index (χ3v) is 1.43. The van der Waals surface area contributed by atoms with Crippen LogP contribution >= 0.6 is 0 Å². The van der Waals surface area contributed by atoms with Crippen LogP contribution in [0.15, 0.2) is 12.3 Å². The van der Waals surface area contributed by atoms with Gasteiger partial charge in [0, 0.05) is 5.92 Å². The number of rotatable bonds is 1. The van der Waals surface area contributed by atoms with Gasteiger partial charge in [0.2, 0.25) is 0 Å². The maximum atomic E-state index is 10.3. The van der Waals surface area contributed by atoms with E-state index in [-0.39, 0.29) is 0 Å². The van der Waals surface area contributed by atoms with Crippen LogP contribution in [-0.4, -0.2) is 16.1 Å². The fourth-order valence-electron chi connectivity index (χ4n) is 0.787. The van der Waals surface area contributed by atoms with Crippen LogP contribution in [0.2, 0.25) is 0 Å². The van der Waals surface area contributed by atoms with Crippen molar-refractivity contribution in [3.63, 3.8) is 0 Å². The van der Waals surface area contributed by atoms with Crippen molar-refractivity contribution >= 4 is 5.91 Å². The summed E-state index contributed by atoms with van der Waals surface area (Å²) in [4.78, 5) is 10.3. The minimum Gasteiger partial charge on any atom is -0.359 e. The fraction of sp³-hybridized carbons (Fsp3) is 0.222. The van der Waals surface area contributed by atoms with Crippen LogP contribution in [0.5, 0.6) is 0 Å². The average Bonchev–Trinajstić information content (AvgIpc) is 2.15. The SMILES string of the molecule is CCc1cnnc(C#CC(N)=O)c1. The molecule has 0 unspecified atom stereocenters. The van der Waals surface area contributed by atoms with E-state index in [1.165, 1.54) is 0 Å². The lowest BCUT2D eigenvalue weighted by molar-refractivity contribution is -0.112. The Morgan fingerprint density at radius 2 is 2.46 bits per heavy atom. The highest BCUT2D eigenvalue weighted by atomic mass is 16.1. The van der Waals surface area contributed by atoms with E-state index in [1.807, 2.05) is 6.92 Å². The molecular weight excluding hydrogens is 166 g/mol. The van der Waals surface area contributed by atoms with E-state index in [2.05, 4.69) is 22.0 Å². The Morgan fingerprint density at radius 1 is 1.69 bits per heavy atom. The number of aromatic nitrogens is 2. The Kier molecular flexibility index (Phi) is 2.98. The summed E-state index contributed by atoms with van der Waals surface area (Å²) in [6.07, 6.45) is 2.52. The Balaban J connectivity index is 2.91. The summed E-state index contributed by atoms with van der Waals surface area (Å²) in [5.74, 6) is 4.06. The van der Waals surface area contributed by atoms with Gasteiger partial charge in [0.25, 0.3) is 5.91 Å². The number of carbonyl (C=O) groups excluding carboxylic acids is 1. The predicted octanol–water partition coefficient (Wildman–Crippen LogP) is -0.124. The van der Waals surface area contributed by atoms with E-state index in [1.54, 1.807) is 12.3 Å². The van der Waals surface area contributed by atoms with Crippen molar-refractivity contribution in [1.29, 1.82) is 0 Å². The van der Waals surface area contributed by atoms with Gasteiger partial charge in [-0.3, -0.25) is 4.79 Å². The number of amides is 1. The molecule has 0 aliphatic rings. The standard InChI is InChI=1S/C9H9N3O/c1-2-7-5-8(12-11-6-7)3-4-9(10)13/h5-6H,2H2,1H3,(H2,10,13). The highest BCUT2D eigenvalue weighted by Crippen LogP contribution is 1.98. The number of nitrogens with two attached hydrogens (primary N) is 1. The molecule has 0 aliphatic carbocycles. The van der Waals surface area contributed by atoms with E-state index < -0.39 is 5.91 Å². The van der Waals surface area contributed by atoms with E-state index in [0.717, 1.165) is 12.0 Å². The minimum atomic E-state index is -0.663. The van der Waals surface area contributed by atoms with Crippen molar-refractivity contribution in [2.75, 3.05) is 0 Å². The van der Waals surface area contributed by atoms with E-state index in [9.17, 15) is 4.79 Å². The lowest BCUT2D eigenvalue weighted by Crippen LogP contribution is -2.06. The molecular formula is C9H9N3O. The van der Waals surface area contributed by atoms with Crippen molar-refractivity contribution in [3.8, 4) is 11.8 Å². The molecule has 0 spiro atoms. The highest BCUT2D eigenvalue weighted by molar-refractivity contribution is 5.92. The van der Waals surface area contributed by atoms with Gasteiger partial charge < -0.3 is 5.73 Å². The summed E-state index contributed by atoms with van der Waals surface area (Å²) < 4.78 is 0. The molecule has 66 valence electrons. The molecule has 1 aromatic rings. The second-order valence-corrected chi connectivity index (χ2v) is 2.42. The minimum absolute atomic E-state index is 0.471. The molecule has 4 heteroatoms. The molecule has 0 bridgehead atoms. The molecule has 2 N–H and O–H groups in total. The maximum Gasteiger partial charge on any atom is 0.293 e. The molecule has 0 saturated heterocycles. The highest BCUT2D eigenvalue weighted by Gasteiger charge is 1.92. The van der Waals surface area contributed by atoms with E-state index in [4.69, 9.17) is 5.73 Å². The molecule has 1 amide bonds. The number of hydrogen-bond donors (Lipinski definition) is 1. The van der Waals surface area contributed by atoms with Gasteiger partial charge in [-0.15, -0.1) is 5.10 Å². The predicted molar refractivity (Wildman–Crippen MR) is 47.5 cm³/mol. The molecule has 1 aromatic heterocycles. The third kappa shape index (κ3) is 2.91. The summed E-state index contributed by atoms with van der Waals surface area (Å²) in [6.45, 7) is 2.00. The zero-order valence-corrected chi connectivity index (χ0v) is 7.24. The summed E-state index contributed by atoms with van der Waals surface area (Å²) in [5, 5.41) is 7.46. The number of aryl methyl sites for hydroxylation is 1. The lowest BCUT2D eigenvalue weighted by atomic mass is 10.2. The van der Waals surface area contributed by atoms with Crippen molar-refractivity contribution in [1.82, 2.24) is 10.2 Å². The van der Waals surface area contributed by atoms with Gasteiger partial charge in [0.1, 0.15) is 5.69 Å². The molecule has 0 saturated carbocycles. The molecule has 0 aromatic carbocycles. The zero-order chi connectivity index (χ0) is 9.68. The Bertz CT molecular complexity index is 376. The molecule has 1 rings (SSSR count). The van der Waals surface area contributed by atoms with Crippen LogP contribution < -0.4 is 5.73 Å². The summed E-state index contributed by atoms with van der Waals surface area (Å²) in [5.41, 5.74) is 6.35. The number of hydrogen-bond acceptors (Lipinski definition) is 3. The lowest BCUT2D eigenvalue weighted by Gasteiger charge is -1.93. The fourth-order valence-corrected chi connectivity index (χ4v) is 0.787. The zero-order valence-electron chi connectivity index (χ0n) is 7.24. The topological polar surface area (TPSA) is 68.9 Å². The van der Waals surface area contributed by atoms with Gasteiger partial charge in [-0.1, -0.05) is 6.92 Å². The third-order valence-electron chi connectivity index (χ3n) is 1.43. The van der Waals surface area contributed by atoms with Crippen LogP contribution in [0.3, 0.4) is 0 Å². The summed E-state index contributed by atoms with van der Waals surface area (Å²) in [6, 6.07) is 1.78. The Labute approximate surface area is 76.2 Å². The maximum absolute atomic E-state index is 10.3. The van der Waals surface area contributed by atoms with Gasteiger partial charge in [-0.25, -0.2) is 0 Å². The van der Waals surface area contributed by atoms with E-state index >= 15 is 0 Å². The van der Waals surface area contributed by atoms with Crippen LogP contribution in [0.25, 0.3) is 0 Å². The number of primary amides is 1. The van der Waals surface area contributed by atoms with Gasteiger partial charge in [0.15, 0.2) is 0 Å². The number of nitrogens with zero attached hydrogens (tertiary/aromatic N) is 2. The molecule has 0 atom stereocenters. The van der Waals surface area contributed by atoms with Gasteiger partial charge >= 0.3 is 0 Å². The first-order valence-corrected chi connectivity index (χ1v) is 3.85. The van der Waals surface area contributed by atoms with Crippen LogP contribution in [0, 0.1) is 11.8 Å². The Morgan fingerprint density at radius 3 is 3.08 bits per heavy atom. The van der Waals surface area contributed by atoms with Crippen LogP contribution in [0.4, 0.5) is 0 Å². The van der Waals surface area contributed by atoms with Crippen LogP contribution in [0.1, 0.15) is 18.2 Å². The number of carbonyl (C=O) groups is 1. The summed E-state index contributed by atoms with van der Waals surface area (Å²) >= 11 is 0. The quantitative estimate of drug-likeness (QED) is 0.605. The Hall–Kier alpha value is -1.89. The smallest absolute Gasteiger partial charge is 0.293 e. The first kappa shape index (κ1) is 9.20. The molecule has 0 fully saturated rings. The van der Waals surface area contributed by atoms with Gasteiger partial charge in [0.05, 0.1) is 6.20 Å². The first-order chi connectivity index (χ1) is 6.22. The monoisotopic (exact) mass is 175 g/mol. The van der Waals surface area contributed by atoms with E-state index in [0.29, 0.717) is 5.69 Å². The van der Waals surface area contributed by atoms with Gasteiger partial charge in [-0.05, 0) is 24.0 Å². The van der Waals surface area contributed by atoms with Gasteiger partial charge in [-0.2, -0.15) is 5.10 Å². The molecule has 1 heterocycles. The molecule has 4 nitrogen and oxygen atoms in total.